The molecule has 0 spiro atoms. The number of hydrogen-bond acceptors (Lipinski definition) is 7. The number of piperidine rings is 2. The van der Waals surface area contributed by atoms with Crippen LogP contribution in [0.25, 0.3) is 0 Å². The summed E-state index contributed by atoms with van der Waals surface area (Å²) < 4.78 is 39.8. The van der Waals surface area contributed by atoms with E-state index in [2.05, 4.69) is 35.6 Å². The number of nitrogens with one attached hydrogen (secondary N) is 1. The quantitative estimate of drug-likeness (QED) is 0.224. The summed E-state index contributed by atoms with van der Waals surface area (Å²) in [5, 5.41) is 14.7. The molecule has 0 amide bonds. The molecule has 1 N–H and O–H groups in total. The highest BCUT2D eigenvalue weighted by molar-refractivity contribution is 7.89. The van der Waals surface area contributed by atoms with E-state index in [9.17, 15) is 18.5 Å². The van der Waals surface area contributed by atoms with Crippen molar-refractivity contribution in [3.8, 4) is 11.5 Å². The van der Waals surface area contributed by atoms with Gasteiger partial charge >= 0.3 is 0 Å². The van der Waals surface area contributed by atoms with E-state index in [1.165, 1.54) is 80.5 Å². The van der Waals surface area contributed by atoms with Crippen molar-refractivity contribution >= 4 is 15.7 Å². The normalized spacial score (nSPS) is 31.0. The van der Waals surface area contributed by atoms with Crippen LogP contribution < -0.4 is 14.8 Å². The zero-order valence-corrected chi connectivity index (χ0v) is 30.1. The monoisotopic (exact) mass is 699 g/mol. The Bertz CT molecular complexity index is 1880. The fraction of sp³-hybridized carbons (Fsp3) is 0.550. The second-order valence-electron chi connectivity index (χ2n) is 15.5. The van der Waals surface area contributed by atoms with Crippen molar-refractivity contribution in [3.63, 3.8) is 0 Å². The summed E-state index contributed by atoms with van der Waals surface area (Å²) in [5.41, 5.74) is 6.10. The molecule has 10 heteroatoms. The van der Waals surface area contributed by atoms with E-state index in [0.29, 0.717) is 18.4 Å². The van der Waals surface area contributed by atoms with Crippen molar-refractivity contribution in [1.29, 1.82) is 0 Å². The first-order chi connectivity index (χ1) is 24.2. The van der Waals surface area contributed by atoms with Crippen LogP contribution in [0.5, 0.6) is 11.5 Å². The molecule has 2 heterocycles. The molecule has 2 saturated carbocycles. The Labute approximate surface area is 295 Å². The number of nitro benzene ring substituents is 1. The predicted octanol–water partition coefficient (Wildman–Crippen LogP) is 7.09. The Morgan fingerprint density at radius 3 is 2.00 bits per heavy atom. The average molecular weight is 700 g/mol. The molecule has 9 rings (SSSR count). The summed E-state index contributed by atoms with van der Waals surface area (Å²) in [7, 11) is -0.272. The van der Waals surface area contributed by atoms with Gasteiger partial charge in [0.15, 0.2) is 0 Å². The summed E-state index contributed by atoms with van der Waals surface area (Å²) in [5.74, 6) is 3.03. The Morgan fingerprint density at radius 2 is 1.38 bits per heavy atom. The van der Waals surface area contributed by atoms with Gasteiger partial charge in [-0.05, 0) is 128 Å². The summed E-state index contributed by atoms with van der Waals surface area (Å²) in [4.78, 5) is 10.6. The van der Waals surface area contributed by atoms with E-state index >= 15 is 0 Å². The van der Waals surface area contributed by atoms with Crippen molar-refractivity contribution in [2.75, 3.05) is 27.3 Å². The number of methoxy groups -OCH3 is 2. The van der Waals surface area contributed by atoms with Crippen LogP contribution in [0.15, 0.2) is 65.6 Å². The molecular weight excluding hydrogens is 651 g/mol. The predicted molar refractivity (Wildman–Crippen MR) is 192 cm³/mol. The minimum Gasteiger partial charge on any atom is -0.497 e. The summed E-state index contributed by atoms with van der Waals surface area (Å²) >= 11 is 0. The third-order valence-electron chi connectivity index (χ3n) is 13.5. The number of benzene rings is 3. The molecule has 50 heavy (non-hydrogen) atoms. The molecule has 6 atom stereocenters. The first-order valence-corrected chi connectivity index (χ1v) is 20.0. The van der Waals surface area contributed by atoms with Crippen LogP contribution in [0.3, 0.4) is 0 Å². The molecule has 0 unspecified atom stereocenters. The Morgan fingerprint density at radius 1 is 0.780 bits per heavy atom. The zero-order chi connectivity index (χ0) is 34.7. The van der Waals surface area contributed by atoms with Crippen molar-refractivity contribution in [3.05, 3.63) is 93.0 Å². The highest BCUT2D eigenvalue weighted by atomic mass is 32.2. The van der Waals surface area contributed by atoms with Crippen LogP contribution in [-0.4, -0.2) is 57.0 Å². The molecule has 4 aliphatic carbocycles. The van der Waals surface area contributed by atoms with Gasteiger partial charge in [-0.2, -0.15) is 4.31 Å². The van der Waals surface area contributed by atoms with Gasteiger partial charge in [-0.3, -0.25) is 10.1 Å². The smallest absolute Gasteiger partial charge is 0.269 e. The lowest BCUT2D eigenvalue weighted by molar-refractivity contribution is -0.384. The minimum atomic E-state index is -3.74. The van der Waals surface area contributed by atoms with Crippen molar-refractivity contribution < 1.29 is 22.8 Å². The van der Waals surface area contributed by atoms with E-state index in [4.69, 9.17) is 9.47 Å². The van der Waals surface area contributed by atoms with Crippen molar-refractivity contribution in [2.45, 2.75) is 105 Å². The van der Waals surface area contributed by atoms with Gasteiger partial charge in [0.1, 0.15) is 11.5 Å². The number of fused-ring (bicyclic) bond motifs is 2. The van der Waals surface area contributed by atoms with Gasteiger partial charge in [0, 0.05) is 41.6 Å². The fourth-order valence-corrected chi connectivity index (χ4v) is 12.9. The summed E-state index contributed by atoms with van der Waals surface area (Å²) in [6.07, 6.45) is 14.0. The third kappa shape index (κ3) is 5.35. The molecule has 4 fully saturated rings. The van der Waals surface area contributed by atoms with E-state index in [1.54, 1.807) is 29.7 Å². The van der Waals surface area contributed by atoms with E-state index in [1.807, 2.05) is 6.07 Å². The Balaban J connectivity index is 0.000000162. The third-order valence-corrected chi connectivity index (χ3v) is 15.4. The van der Waals surface area contributed by atoms with Gasteiger partial charge in [-0.1, -0.05) is 37.8 Å². The second-order valence-corrected chi connectivity index (χ2v) is 17.4. The maximum atomic E-state index is 13.6. The molecule has 3 aromatic carbocycles. The molecule has 0 radical (unpaired) electrons. The summed E-state index contributed by atoms with van der Waals surface area (Å²) in [6.45, 7) is 1.66. The molecular formula is C40H49N3O6S. The number of sulfonamides is 1. The largest absolute Gasteiger partial charge is 0.497 e. The van der Waals surface area contributed by atoms with Crippen LogP contribution in [0.1, 0.15) is 86.5 Å². The number of nitro groups is 1. The van der Waals surface area contributed by atoms with Gasteiger partial charge in [0.25, 0.3) is 5.69 Å². The van der Waals surface area contributed by atoms with Gasteiger partial charge in [0.2, 0.25) is 10.0 Å². The lowest BCUT2D eigenvalue weighted by Crippen LogP contribution is -2.62. The standard InChI is InChI=1S/C23H26N2O5S.C17H23NO/c1-30-18-8-5-16-14-22-20-4-2-3-11-23(20,21(16)15-18)12-13-24(22)31(28,29)19-9-6-17(7-10-19)25(26)27;1-19-13-6-5-12-10-16-14-4-2-3-7-17(14,8-9-18-16)15(12)11-13/h5-10,15,20,22H,2-4,11-14H2,1H3;5-6,11,14,16,18H,2-4,7-10H2,1H3/t20-,22+,23+;14-,16+,17+/m11/s1. The van der Waals surface area contributed by atoms with Crippen LogP contribution in [-0.2, 0) is 33.7 Å². The van der Waals surface area contributed by atoms with Crippen molar-refractivity contribution in [1.82, 2.24) is 9.62 Å². The fourth-order valence-electron chi connectivity index (χ4n) is 11.3. The number of non-ortho nitro benzene ring substituents is 1. The van der Waals surface area contributed by atoms with Gasteiger partial charge in [0.05, 0.1) is 24.0 Å². The second kappa shape index (κ2) is 12.9. The molecule has 2 aliphatic heterocycles. The van der Waals surface area contributed by atoms with Crippen LogP contribution in [0, 0.1) is 22.0 Å². The van der Waals surface area contributed by atoms with Crippen molar-refractivity contribution in [2.24, 2.45) is 11.8 Å². The maximum absolute atomic E-state index is 13.6. The van der Waals surface area contributed by atoms with E-state index < -0.39 is 14.9 Å². The van der Waals surface area contributed by atoms with Crippen LogP contribution in [0.2, 0.25) is 0 Å². The van der Waals surface area contributed by atoms with Gasteiger partial charge in [-0.15, -0.1) is 0 Å². The van der Waals surface area contributed by atoms with Gasteiger partial charge < -0.3 is 14.8 Å². The highest BCUT2D eigenvalue weighted by Gasteiger charge is 2.56. The number of hydrogen-bond donors (Lipinski definition) is 1. The first-order valence-electron chi connectivity index (χ1n) is 18.5. The van der Waals surface area contributed by atoms with Gasteiger partial charge in [-0.25, -0.2) is 8.42 Å². The minimum absolute atomic E-state index is 0.00648. The zero-order valence-electron chi connectivity index (χ0n) is 29.2. The lowest BCUT2D eigenvalue weighted by Gasteiger charge is -2.58. The lowest BCUT2D eigenvalue weighted by atomic mass is 9.53. The number of ether oxygens (including phenoxy) is 2. The average Bonchev–Trinajstić information content (AvgIpc) is 3.14. The number of nitrogens with zero attached hydrogens (tertiary/aromatic N) is 2. The highest BCUT2D eigenvalue weighted by Crippen LogP contribution is 2.57. The first kappa shape index (κ1) is 33.7. The Kier molecular flexibility index (Phi) is 8.71. The molecule has 9 nitrogen and oxygen atoms in total. The maximum Gasteiger partial charge on any atom is 0.269 e. The molecule has 266 valence electrons. The molecule has 3 aromatic rings. The molecule has 4 bridgehead atoms. The summed E-state index contributed by atoms with van der Waals surface area (Å²) in [6, 6.07) is 18.9. The molecule has 0 aromatic heterocycles. The molecule has 6 aliphatic rings. The van der Waals surface area contributed by atoms with Crippen LogP contribution >= 0.6 is 0 Å². The SMILES string of the molecule is COc1ccc2c(c1)[C@]13CCCC[C@@H]1[C@H](C2)N(S(=O)(=O)c1ccc([N+](=O)[O-])cc1)CC3.COc1ccc2c(c1)[C@]13CCCC[C@@H]1[C@H](C2)NCC3. The number of rotatable bonds is 5. The van der Waals surface area contributed by atoms with E-state index in [0.717, 1.165) is 55.6 Å². The van der Waals surface area contributed by atoms with Crippen LogP contribution in [0.4, 0.5) is 5.69 Å². The Hall–Kier alpha value is -3.47. The molecule has 2 saturated heterocycles. The topological polar surface area (TPSA) is 111 Å². The van der Waals surface area contributed by atoms with E-state index in [-0.39, 0.29) is 28.0 Å².